The van der Waals surface area contributed by atoms with Gasteiger partial charge in [0, 0.05) is 7.11 Å². The van der Waals surface area contributed by atoms with Gasteiger partial charge in [0.1, 0.15) is 5.75 Å². The van der Waals surface area contributed by atoms with Crippen LogP contribution in [0.4, 0.5) is 0 Å². The molecule has 0 aliphatic carbocycles. The topological polar surface area (TPSA) is 86.2 Å². The van der Waals surface area contributed by atoms with Gasteiger partial charge in [0.15, 0.2) is 12.7 Å². The summed E-state index contributed by atoms with van der Waals surface area (Å²) in [7, 11) is 2.75. The molecule has 2 rings (SSSR count). The first-order valence-corrected chi connectivity index (χ1v) is 7.84. The van der Waals surface area contributed by atoms with Gasteiger partial charge in [0.05, 0.1) is 13.3 Å². The Morgan fingerprint density at radius 2 is 1.88 bits per heavy atom. The molecular formula is C19H20N2O5. The lowest BCUT2D eigenvalue weighted by molar-refractivity contribution is -0.142. The maximum absolute atomic E-state index is 12.2. The molecule has 26 heavy (non-hydrogen) atoms. The second kappa shape index (κ2) is 9.95. The average Bonchev–Trinajstić information content (AvgIpc) is 2.68. The smallest absolute Gasteiger partial charge is 0.343 e. The summed E-state index contributed by atoms with van der Waals surface area (Å²) in [5.41, 5.74) is 3.88. The number of hydrazone groups is 1. The number of rotatable bonds is 8. The maximum atomic E-state index is 12.2. The minimum atomic E-state index is -0.747. The average molecular weight is 356 g/mol. The standard InChI is InChI=1S/C19H20N2O5/c1-24-17(22)13-26-16-10-6-7-14(11-16)12-20-21-19(23)18(25-2)15-8-4-3-5-9-15/h3-12,18H,13H2,1-2H3,(H,21,23)/b20-12-/t18-/m0/s1. The number of nitrogens with one attached hydrogen (secondary N) is 1. The molecule has 7 heteroatoms. The number of esters is 1. The summed E-state index contributed by atoms with van der Waals surface area (Å²) in [6.45, 7) is -0.180. The van der Waals surface area contributed by atoms with Crippen molar-refractivity contribution in [1.29, 1.82) is 0 Å². The summed E-state index contributed by atoms with van der Waals surface area (Å²) in [6, 6.07) is 16.1. The van der Waals surface area contributed by atoms with Crippen molar-refractivity contribution in [3.05, 3.63) is 65.7 Å². The van der Waals surface area contributed by atoms with Gasteiger partial charge in [-0.2, -0.15) is 5.10 Å². The molecule has 0 saturated heterocycles. The van der Waals surface area contributed by atoms with Gasteiger partial charge in [-0.3, -0.25) is 4.79 Å². The maximum Gasteiger partial charge on any atom is 0.343 e. The minimum absolute atomic E-state index is 0.180. The van der Waals surface area contributed by atoms with Gasteiger partial charge < -0.3 is 14.2 Å². The van der Waals surface area contributed by atoms with Gasteiger partial charge in [0.2, 0.25) is 0 Å². The highest BCUT2D eigenvalue weighted by molar-refractivity contribution is 5.85. The minimum Gasteiger partial charge on any atom is -0.482 e. The van der Waals surface area contributed by atoms with Crippen LogP contribution in [0.3, 0.4) is 0 Å². The fraction of sp³-hybridized carbons (Fsp3) is 0.211. The number of nitrogens with zero attached hydrogens (tertiary/aromatic N) is 1. The molecule has 7 nitrogen and oxygen atoms in total. The van der Waals surface area contributed by atoms with E-state index in [4.69, 9.17) is 9.47 Å². The lowest BCUT2D eigenvalue weighted by Gasteiger charge is -2.13. The molecule has 1 N–H and O–H groups in total. The molecule has 0 radical (unpaired) electrons. The third-order valence-corrected chi connectivity index (χ3v) is 3.41. The van der Waals surface area contributed by atoms with Crippen molar-refractivity contribution in [2.45, 2.75) is 6.10 Å². The molecule has 0 bridgehead atoms. The molecule has 0 spiro atoms. The molecule has 2 aromatic rings. The van der Waals surface area contributed by atoms with E-state index >= 15 is 0 Å². The van der Waals surface area contributed by atoms with E-state index in [9.17, 15) is 9.59 Å². The van der Waals surface area contributed by atoms with Crippen LogP contribution < -0.4 is 10.2 Å². The van der Waals surface area contributed by atoms with Crippen LogP contribution in [0.1, 0.15) is 17.2 Å². The molecule has 0 unspecified atom stereocenters. The zero-order valence-electron chi connectivity index (χ0n) is 14.5. The quantitative estimate of drug-likeness (QED) is 0.445. The largest absolute Gasteiger partial charge is 0.482 e. The van der Waals surface area contributed by atoms with Gasteiger partial charge in [-0.25, -0.2) is 10.2 Å². The van der Waals surface area contributed by atoms with Crippen molar-refractivity contribution in [3.63, 3.8) is 0 Å². The van der Waals surface area contributed by atoms with E-state index in [0.717, 1.165) is 5.56 Å². The summed E-state index contributed by atoms with van der Waals surface area (Å²) in [5.74, 6) is -0.361. The normalized spacial score (nSPS) is 11.8. The van der Waals surface area contributed by atoms with E-state index < -0.39 is 12.1 Å². The molecule has 0 fully saturated rings. The highest BCUT2D eigenvalue weighted by Crippen LogP contribution is 2.16. The van der Waals surface area contributed by atoms with Crippen molar-refractivity contribution in [3.8, 4) is 5.75 Å². The van der Waals surface area contributed by atoms with Gasteiger partial charge in [-0.1, -0.05) is 42.5 Å². The Kier molecular flexibility index (Phi) is 7.32. The SMILES string of the molecule is COC(=O)COc1cccc(/C=N\NC(=O)[C@@H](OC)c2ccccc2)c1. The summed E-state index contributed by atoms with van der Waals surface area (Å²) in [6.07, 6.45) is 0.726. The van der Waals surface area contributed by atoms with Crippen molar-refractivity contribution >= 4 is 18.1 Å². The van der Waals surface area contributed by atoms with E-state index in [0.29, 0.717) is 11.3 Å². The number of hydrogen-bond donors (Lipinski definition) is 1. The first kappa shape index (κ1) is 19.1. The van der Waals surface area contributed by atoms with Gasteiger partial charge in [-0.05, 0) is 23.3 Å². The molecule has 2 aromatic carbocycles. The molecule has 136 valence electrons. The highest BCUT2D eigenvalue weighted by Gasteiger charge is 2.19. The van der Waals surface area contributed by atoms with Crippen molar-refractivity contribution < 1.29 is 23.8 Å². The molecule has 1 amide bonds. The van der Waals surface area contributed by atoms with Crippen LogP contribution in [0.2, 0.25) is 0 Å². The van der Waals surface area contributed by atoms with Gasteiger partial charge >= 0.3 is 5.97 Å². The van der Waals surface area contributed by atoms with Gasteiger partial charge in [0.25, 0.3) is 5.91 Å². The fourth-order valence-corrected chi connectivity index (χ4v) is 2.14. The third-order valence-electron chi connectivity index (χ3n) is 3.41. The zero-order chi connectivity index (χ0) is 18.8. The van der Waals surface area contributed by atoms with Crippen LogP contribution in [0.15, 0.2) is 59.7 Å². The fourth-order valence-electron chi connectivity index (χ4n) is 2.14. The Hall–Kier alpha value is -3.19. The second-order valence-corrected chi connectivity index (χ2v) is 5.20. The number of benzene rings is 2. The lowest BCUT2D eigenvalue weighted by Crippen LogP contribution is -2.26. The molecule has 1 atom stereocenters. The Labute approximate surface area is 151 Å². The van der Waals surface area contributed by atoms with E-state index in [-0.39, 0.29) is 12.5 Å². The van der Waals surface area contributed by atoms with E-state index in [1.54, 1.807) is 36.4 Å². The number of carbonyl (C=O) groups excluding carboxylic acids is 2. The van der Waals surface area contributed by atoms with Crippen molar-refractivity contribution in [2.24, 2.45) is 5.10 Å². The van der Waals surface area contributed by atoms with Crippen LogP contribution in [0.25, 0.3) is 0 Å². The van der Waals surface area contributed by atoms with E-state index in [1.807, 2.05) is 18.2 Å². The van der Waals surface area contributed by atoms with Crippen LogP contribution in [0.5, 0.6) is 5.75 Å². The Bertz CT molecular complexity index is 762. The summed E-state index contributed by atoms with van der Waals surface area (Å²) < 4.78 is 15.0. The van der Waals surface area contributed by atoms with Crippen molar-refractivity contribution in [1.82, 2.24) is 5.43 Å². The van der Waals surface area contributed by atoms with E-state index in [1.165, 1.54) is 20.4 Å². The molecule has 0 aromatic heterocycles. The molecule has 0 aliphatic heterocycles. The van der Waals surface area contributed by atoms with Gasteiger partial charge in [-0.15, -0.1) is 0 Å². The molecule has 0 aliphatic rings. The van der Waals surface area contributed by atoms with E-state index in [2.05, 4.69) is 15.3 Å². The molecular weight excluding hydrogens is 336 g/mol. The summed E-state index contributed by atoms with van der Waals surface area (Å²) in [4.78, 5) is 23.3. The Morgan fingerprint density at radius 3 is 2.58 bits per heavy atom. The monoisotopic (exact) mass is 356 g/mol. The van der Waals surface area contributed by atoms with Crippen molar-refractivity contribution in [2.75, 3.05) is 20.8 Å². The molecule has 0 heterocycles. The first-order chi connectivity index (χ1) is 12.6. The Morgan fingerprint density at radius 1 is 1.12 bits per heavy atom. The number of methoxy groups -OCH3 is 2. The van der Waals surface area contributed by atoms with Crippen LogP contribution in [0, 0.1) is 0 Å². The lowest BCUT2D eigenvalue weighted by atomic mass is 10.1. The summed E-state index contributed by atoms with van der Waals surface area (Å²) in [5, 5.41) is 3.94. The Balaban J connectivity index is 1.95. The number of amides is 1. The number of ether oxygens (including phenoxy) is 3. The molecule has 0 saturated carbocycles. The third kappa shape index (κ3) is 5.71. The van der Waals surface area contributed by atoms with Crippen LogP contribution >= 0.6 is 0 Å². The predicted octanol–water partition coefficient (Wildman–Crippen LogP) is 2.08. The first-order valence-electron chi connectivity index (χ1n) is 7.84. The van der Waals surface area contributed by atoms with Crippen LogP contribution in [-0.2, 0) is 19.1 Å². The number of carbonyl (C=O) groups is 2. The zero-order valence-corrected chi connectivity index (χ0v) is 14.5. The highest BCUT2D eigenvalue weighted by atomic mass is 16.6. The number of hydrogen-bond acceptors (Lipinski definition) is 6. The second-order valence-electron chi connectivity index (χ2n) is 5.20. The van der Waals surface area contributed by atoms with Crippen LogP contribution in [-0.4, -0.2) is 38.9 Å². The summed E-state index contributed by atoms with van der Waals surface area (Å²) >= 11 is 0. The predicted molar refractivity (Wildman–Crippen MR) is 95.9 cm³/mol.